The monoisotopic (exact) mass is 376 g/mol. The number of thiophene rings is 1. The van der Waals surface area contributed by atoms with Crippen LogP contribution in [0, 0.1) is 0 Å². The quantitative estimate of drug-likeness (QED) is 0.868. The number of hydrogen-bond donors (Lipinski definition) is 1. The van der Waals surface area contributed by atoms with E-state index in [-0.39, 0.29) is 0 Å². The molecule has 2 aliphatic rings. The molecule has 4 heterocycles. The lowest BCUT2D eigenvalue weighted by Gasteiger charge is -2.31. The highest BCUT2D eigenvalue weighted by molar-refractivity contribution is 7.12. The fraction of sp³-hybridized carbons (Fsp3) is 0.684. The van der Waals surface area contributed by atoms with Gasteiger partial charge >= 0.3 is 0 Å². The first-order valence-electron chi connectivity index (χ1n) is 9.56. The first-order chi connectivity index (χ1) is 12.5. The summed E-state index contributed by atoms with van der Waals surface area (Å²) in [5.74, 6) is 0. The molecule has 0 bridgehead atoms. The summed E-state index contributed by atoms with van der Waals surface area (Å²) in [5, 5.41) is 18.4. The topological polar surface area (TPSA) is 63.4 Å². The molecule has 26 heavy (non-hydrogen) atoms. The highest BCUT2D eigenvalue weighted by atomic mass is 32.1. The molecular weight excluding hydrogens is 348 g/mol. The first kappa shape index (κ1) is 18.1. The van der Waals surface area contributed by atoms with Crippen LogP contribution in [0.4, 0.5) is 0 Å². The minimum atomic E-state index is -0.932. The Kier molecular flexibility index (Phi) is 5.14. The molecule has 1 N–H and O–H groups in total. The number of aromatic nitrogens is 3. The largest absolute Gasteiger partial charge is 0.384 e. The maximum atomic E-state index is 10.1. The van der Waals surface area contributed by atoms with Gasteiger partial charge in [-0.05, 0) is 51.7 Å². The van der Waals surface area contributed by atoms with Crippen LogP contribution in [0.15, 0.2) is 18.3 Å². The molecule has 0 aliphatic carbocycles. The Hall–Kier alpha value is -1.28. The maximum Gasteiger partial charge on any atom is 0.114 e. The van der Waals surface area contributed by atoms with Crippen molar-refractivity contribution in [3.8, 4) is 0 Å². The molecule has 0 aromatic carbocycles. The fourth-order valence-electron chi connectivity index (χ4n) is 3.75. The van der Waals surface area contributed by atoms with E-state index in [4.69, 9.17) is 4.74 Å². The van der Waals surface area contributed by atoms with E-state index in [9.17, 15) is 5.11 Å². The van der Waals surface area contributed by atoms with Gasteiger partial charge in [0.05, 0.1) is 18.3 Å². The van der Waals surface area contributed by atoms with Crippen molar-refractivity contribution in [2.75, 3.05) is 19.7 Å². The van der Waals surface area contributed by atoms with Crippen LogP contribution in [-0.2, 0) is 16.9 Å². The second-order valence-corrected chi connectivity index (χ2v) is 9.16. The molecule has 0 radical (unpaired) electrons. The van der Waals surface area contributed by atoms with Gasteiger partial charge < -0.3 is 9.84 Å². The molecule has 4 rings (SSSR count). The number of nitrogens with zero attached hydrogens (tertiary/aromatic N) is 4. The van der Waals surface area contributed by atoms with Crippen molar-refractivity contribution in [2.45, 2.75) is 63.8 Å². The average molecular weight is 377 g/mol. The molecule has 2 aromatic heterocycles. The third kappa shape index (κ3) is 4.01. The highest BCUT2D eigenvalue weighted by Gasteiger charge is 2.26. The van der Waals surface area contributed by atoms with Crippen LogP contribution in [0.5, 0.6) is 0 Å². The molecule has 0 amide bonds. The summed E-state index contributed by atoms with van der Waals surface area (Å²) >= 11 is 1.91. The van der Waals surface area contributed by atoms with Gasteiger partial charge in [0.25, 0.3) is 0 Å². The zero-order chi connectivity index (χ0) is 18.1. The number of ether oxygens (including phenoxy) is 1. The molecule has 2 aromatic rings. The summed E-state index contributed by atoms with van der Waals surface area (Å²) in [5.41, 5.74) is -0.293. The van der Waals surface area contributed by atoms with Gasteiger partial charge in [0, 0.05) is 36.0 Å². The van der Waals surface area contributed by atoms with E-state index in [1.165, 1.54) is 16.2 Å². The summed E-state index contributed by atoms with van der Waals surface area (Å²) in [6, 6.07) is 4.89. The minimum absolute atomic E-state index is 0.330. The van der Waals surface area contributed by atoms with Gasteiger partial charge in [0.2, 0.25) is 0 Å². The van der Waals surface area contributed by atoms with Crippen LogP contribution < -0.4 is 0 Å². The van der Waals surface area contributed by atoms with E-state index in [2.05, 4.69) is 27.3 Å². The normalized spacial score (nSPS) is 23.0. The molecule has 6 nitrogen and oxygen atoms in total. The molecule has 2 aliphatic heterocycles. The lowest BCUT2D eigenvalue weighted by Crippen LogP contribution is -2.34. The number of hydrogen-bond acceptors (Lipinski definition) is 6. The lowest BCUT2D eigenvalue weighted by molar-refractivity contribution is 0.0736. The Morgan fingerprint density at radius 1 is 1.27 bits per heavy atom. The van der Waals surface area contributed by atoms with Crippen molar-refractivity contribution in [1.29, 1.82) is 0 Å². The number of rotatable bonds is 5. The third-order valence-corrected chi connectivity index (χ3v) is 6.54. The number of aliphatic hydroxyl groups is 1. The second-order valence-electron chi connectivity index (χ2n) is 7.96. The van der Waals surface area contributed by atoms with E-state index in [0.29, 0.717) is 17.8 Å². The predicted octanol–water partition coefficient (Wildman–Crippen LogP) is 3.26. The van der Waals surface area contributed by atoms with Crippen molar-refractivity contribution in [2.24, 2.45) is 0 Å². The zero-order valence-electron chi connectivity index (χ0n) is 15.6. The van der Waals surface area contributed by atoms with Gasteiger partial charge in [0.15, 0.2) is 0 Å². The molecule has 2 saturated heterocycles. The van der Waals surface area contributed by atoms with Crippen LogP contribution in [-0.4, -0.2) is 44.7 Å². The van der Waals surface area contributed by atoms with Gasteiger partial charge in [-0.2, -0.15) is 0 Å². The van der Waals surface area contributed by atoms with Crippen molar-refractivity contribution < 1.29 is 9.84 Å². The molecule has 142 valence electrons. The van der Waals surface area contributed by atoms with E-state index in [1.54, 1.807) is 13.8 Å². The molecule has 0 spiro atoms. The van der Waals surface area contributed by atoms with Gasteiger partial charge in [-0.3, -0.25) is 4.90 Å². The van der Waals surface area contributed by atoms with Crippen LogP contribution in [0.1, 0.15) is 67.1 Å². The van der Waals surface area contributed by atoms with Crippen LogP contribution >= 0.6 is 11.3 Å². The first-order valence-corrected chi connectivity index (χ1v) is 10.4. The average Bonchev–Trinajstić information content (AvgIpc) is 3.36. The summed E-state index contributed by atoms with van der Waals surface area (Å²) in [6.07, 6.45) is 6.71. The van der Waals surface area contributed by atoms with E-state index in [1.807, 2.05) is 22.2 Å². The molecule has 0 saturated carbocycles. The van der Waals surface area contributed by atoms with Gasteiger partial charge in [-0.25, -0.2) is 4.68 Å². The molecule has 0 unspecified atom stereocenters. The maximum absolute atomic E-state index is 10.1. The van der Waals surface area contributed by atoms with Gasteiger partial charge in [-0.1, -0.05) is 5.21 Å². The molecule has 2 fully saturated rings. The van der Waals surface area contributed by atoms with E-state index >= 15 is 0 Å². The lowest BCUT2D eigenvalue weighted by atomic mass is 10.0. The summed E-state index contributed by atoms with van der Waals surface area (Å²) < 4.78 is 7.73. The van der Waals surface area contributed by atoms with Gasteiger partial charge in [-0.15, -0.1) is 16.4 Å². The zero-order valence-corrected chi connectivity index (χ0v) is 16.4. The summed E-state index contributed by atoms with van der Waals surface area (Å²) in [4.78, 5) is 5.34. The minimum Gasteiger partial charge on any atom is -0.384 e. The fourth-order valence-corrected chi connectivity index (χ4v) is 4.89. The Bertz CT molecular complexity index is 722. The molecule has 1 atom stereocenters. The molecular formula is C19H28N4O2S. The third-order valence-electron chi connectivity index (χ3n) is 5.38. The Morgan fingerprint density at radius 2 is 2.08 bits per heavy atom. The smallest absolute Gasteiger partial charge is 0.114 e. The number of piperidine rings is 1. The highest BCUT2D eigenvalue weighted by Crippen LogP contribution is 2.34. The van der Waals surface area contributed by atoms with E-state index in [0.717, 1.165) is 45.5 Å². The van der Waals surface area contributed by atoms with Crippen molar-refractivity contribution in [3.05, 3.63) is 33.8 Å². The molecule has 7 heteroatoms. The second kappa shape index (κ2) is 7.38. The van der Waals surface area contributed by atoms with Gasteiger partial charge in [0.1, 0.15) is 11.3 Å². The Morgan fingerprint density at radius 3 is 2.73 bits per heavy atom. The SMILES string of the molecule is CC(C)(O)c1cn(C2CCN(Cc3ccc([C@H]4CCCO4)s3)CC2)nn1. The summed E-state index contributed by atoms with van der Waals surface area (Å²) in [6.45, 7) is 7.55. The van der Waals surface area contributed by atoms with Crippen molar-refractivity contribution in [1.82, 2.24) is 19.9 Å². The summed E-state index contributed by atoms with van der Waals surface area (Å²) in [7, 11) is 0. The van der Waals surface area contributed by atoms with Crippen molar-refractivity contribution in [3.63, 3.8) is 0 Å². The predicted molar refractivity (Wildman–Crippen MR) is 101 cm³/mol. The van der Waals surface area contributed by atoms with Crippen molar-refractivity contribution >= 4 is 11.3 Å². The Labute approximate surface area is 158 Å². The van der Waals surface area contributed by atoms with Crippen LogP contribution in [0.2, 0.25) is 0 Å². The Balaban J connectivity index is 1.30. The van der Waals surface area contributed by atoms with Crippen LogP contribution in [0.3, 0.4) is 0 Å². The number of likely N-dealkylation sites (tertiary alicyclic amines) is 1. The van der Waals surface area contributed by atoms with Crippen LogP contribution in [0.25, 0.3) is 0 Å². The van der Waals surface area contributed by atoms with E-state index < -0.39 is 5.60 Å². The standard InChI is InChI=1S/C19H28N4O2S/c1-19(2,24)18-13-23(21-20-18)14-7-9-22(10-8-14)12-15-5-6-17(26-15)16-4-3-11-25-16/h5-6,13-14,16,24H,3-4,7-12H2,1-2H3/t16-/m1/s1.